The van der Waals surface area contributed by atoms with Crippen molar-refractivity contribution in [1.29, 1.82) is 0 Å². The molecule has 5 nitrogen and oxygen atoms in total. The van der Waals surface area contributed by atoms with E-state index < -0.39 is 0 Å². The molecule has 1 aromatic carbocycles. The fourth-order valence-electron chi connectivity index (χ4n) is 2.84. The van der Waals surface area contributed by atoms with Crippen molar-refractivity contribution in [3.63, 3.8) is 0 Å². The van der Waals surface area contributed by atoms with E-state index in [1.165, 1.54) is 16.7 Å². The molecule has 1 N–H and O–H groups in total. The van der Waals surface area contributed by atoms with Crippen LogP contribution in [0.15, 0.2) is 42.7 Å². The molecule has 0 bridgehead atoms. The highest BCUT2D eigenvalue weighted by atomic mass is 16.2. The number of aromatic nitrogens is 2. The summed E-state index contributed by atoms with van der Waals surface area (Å²) in [4.78, 5) is 22.0. The Balaban J connectivity index is 2.06. The third-order valence-electron chi connectivity index (χ3n) is 4.03. The van der Waals surface area contributed by atoms with Gasteiger partial charge in [-0.2, -0.15) is 0 Å². The Morgan fingerprint density at radius 2 is 1.88 bits per heavy atom. The van der Waals surface area contributed by atoms with Gasteiger partial charge in [0.15, 0.2) is 0 Å². The molecule has 128 valence electrons. The van der Waals surface area contributed by atoms with Crippen molar-refractivity contribution >= 4 is 11.7 Å². The highest BCUT2D eigenvalue weighted by Gasteiger charge is 2.23. The number of nitrogens with zero attached hydrogens (tertiary/aromatic N) is 3. The Hall–Kier alpha value is -2.43. The fraction of sp³-hybridized carbons (Fsp3) is 0.421. The van der Waals surface area contributed by atoms with Crippen LogP contribution in [0.4, 0.5) is 5.82 Å². The molecule has 1 amide bonds. The van der Waals surface area contributed by atoms with Crippen molar-refractivity contribution in [3.8, 4) is 0 Å². The Kier molecular flexibility index (Phi) is 5.54. The van der Waals surface area contributed by atoms with Gasteiger partial charge in [0, 0.05) is 20.1 Å². The normalized spacial score (nSPS) is 12.5. The summed E-state index contributed by atoms with van der Waals surface area (Å²) >= 11 is 0. The van der Waals surface area contributed by atoms with Crippen LogP contribution < -0.4 is 5.32 Å². The van der Waals surface area contributed by atoms with E-state index in [1.54, 1.807) is 20.3 Å². The second-order valence-electron chi connectivity index (χ2n) is 6.99. The van der Waals surface area contributed by atoms with Crippen molar-refractivity contribution in [2.45, 2.75) is 38.6 Å². The molecule has 0 spiro atoms. The molecule has 0 aliphatic carbocycles. The van der Waals surface area contributed by atoms with Crippen LogP contribution in [0, 0.1) is 0 Å². The molecule has 1 heterocycles. The average molecular weight is 326 g/mol. The van der Waals surface area contributed by atoms with Crippen LogP contribution in [0.3, 0.4) is 0 Å². The van der Waals surface area contributed by atoms with E-state index in [1.807, 2.05) is 6.07 Å². The molecule has 0 saturated heterocycles. The first-order valence-electron chi connectivity index (χ1n) is 8.15. The van der Waals surface area contributed by atoms with E-state index in [2.05, 4.69) is 60.3 Å². The third-order valence-corrected chi connectivity index (χ3v) is 4.03. The topological polar surface area (TPSA) is 58.1 Å². The van der Waals surface area contributed by atoms with Gasteiger partial charge in [-0.3, -0.25) is 9.78 Å². The fourth-order valence-corrected chi connectivity index (χ4v) is 2.84. The summed E-state index contributed by atoms with van der Waals surface area (Å²) in [6.07, 6.45) is 4.08. The molecule has 2 aromatic rings. The summed E-state index contributed by atoms with van der Waals surface area (Å²) in [7, 11) is 3.41. The SMILES string of the molecule is CC(CC(C)(C)c1ccccc1)Nc1cncc(C(=O)N(C)C)n1. The van der Waals surface area contributed by atoms with Crippen LogP contribution in [-0.2, 0) is 5.41 Å². The number of amides is 1. The smallest absolute Gasteiger partial charge is 0.273 e. The minimum absolute atomic E-state index is 0.0399. The maximum absolute atomic E-state index is 12.0. The van der Waals surface area contributed by atoms with E-state index in [4.69, 9.17) is 0 Å². The molecule has 0 saturated carbocycles. The second kappa shape index (κ2) is 7.43. The summed E-state index contributed by atoms with van der Waals surface area (Å²) in [6, 6.07) is 10.7. The van der Waals surface area contributed by atoms with Crippen LogP contribution in [0.2, 0.25) is 0 Å². The second-order valence-corrected chi connectivity index (χ2v) is 6.99. The van der Waals surface area contributed by atoms with Crippen molar-refractivity contribution in [2.75, 3.05) is 19.4 Å². The minimum Gasteiger partial charge on any atom is -0.366 e. The van der Waals surface area contributed by atoms with Gasteiger partial charge in [-0.25, -0.2) is 4.98 Å². The lowest BCUT2D eigenvalue weighted by Crippen LogP contribution is -2.28. The van der Waals surface area contributed by atoms with Gasteiger partial charge >= 0.3 is 0 Å². The molecular weight excluding hydrogens is 300 g/mol. The Bertz CT molecular complexity index is 683. The molecular formula is C19H26N4O. The average Bonchev–Trinajstić information content (AvgIpc) is 2.54. The van der Waals surface area contributed by atoms with Crippen LogP contribution in [0.5, 0.6) is 0 Å². The summed E-state index contributed by atoms with van der Waals surface area (Å²) in [6.45, 7) is 6.59. The van der Waals surface area contributed by atoms with Gasteiger partial charge in [0.2, 0.25) is 0 Å². The summed E-state index contributed by atoms with van der Waals surface area (Å²) in [5.74, 6) is 0.475. The van der Waals surface area contributed by atoms with Gasteiger partial charge in [0.1, 0.15) is 11.5 Å². The first-order chi connectivity index (χ1) is 11.3. The van der Waals surface area contributed by atoms with E-state index in [0.29, 0.717) is 11.5 Å². The minimum atomic E-state index is -0.150. The molecule has 0 aliphatic rings. The van der Waals surface area contributed by atoms with Gasteiger partial charge in [0.05, 0.1) is 12.4 Å². The lowest BCUT2D eigenvalue weighted by molar-refractivity contribution is 0.0821. The van der Waals surface area contributed by atoms with Crippen molar-refractivity contribution in [3.05, 3.63) is 54.0 Å². The molecule has 0 aliphatic heterocycles. The molecule has 1 aromatic heterocycles. The largest absolute Gasteiger partial charge is 0.366 e. The van der Waals surface area contributed by atoms with E-state index >= 15 is 0 Å². The standard InChI is InChI=1S/C19H26N4O/c1-14(11-19(2,3)15-9-7-6-8-10-15)21-17-13-20-12-16(22-17)18(24)23(4)5/h6-10,12-14H,11H2,1-5H3,(H,21,22). The van der Waals surface area contributed by atoms with Crippen LogP contribution >= 0.6 is 0 Å². The molecule has 0 radical (unpaired) electrons. The van der Waals surface area contributed by atoms with Gasteiger partial charge < -0.3 is 10.2 Å². The third kappa shape index (κ3) is 4.54. The number of carbonyl (C=O) groups excluding carboxylic acids is 1. The quantitative estimate of drug-likeness (QED) is 0.884. The predicted octanol–water partition coefficient (Wildman–Crippen LogP) is 3.35. The van der Waals surface area contributed by atoms with Gasteiger partial charge in [-0.1, -0.05) is 44.2 Å². The molecule has 0 fully saturated rings. The van der Waals surface area contributed by atoms with Crippen LogP contribution in [-0.4, -0.2) is 40.9 Å². The number of anilines is 1. The monoisotopic (exact) mass is 326 g/mol. The van der Waals surface area contributed by atoms with Crippen LogP contribution in [0.25, 0.3) is 0 Å². The molecule has 2 rings (SSSR count). The molecule has 5 heteroatoms. The summed E-state index contributed by atoms with van der Waals surface area (Å²) < 4.78 is 0. The lowest BCUT2D eigenvalue weighted by atomic mass is 9.79. The summed E-state index contributed by atoms with van der Waals surface area (Å²) in [5.41, 5.74) is 1.69. The zero-order valence-electron chi connectivity index (χ0n) is 15.1. The number of benzene rings is 1. The van der Waals surface area contributed by atoms with E-state index in [-0.39, 0.29) is 17.4 Å². The predicted molar refractivity (Wildman–Crippen MR) is 97.2 cm³/mol. The van der Waals surface area contributed by atoms with E-state index in [0.717, 1.165) is 6.42 Å². The highest BCUT2D eigenvalue weighted by Crippen LogP contribution is 2.28. The van der Waals surface area contributed by atoms with Gasteiger partial charge in [-0.05, 0) is 24.3 Å². The van der Waals surface area contributed by atoms with Gasteiger partial charge in [-0.15, -0.1) is 0 Å². The Morgan fingerprint density at radius 1 is 1.21 bits per heavy atom. The zero-order chi connectivity index (χ0) is 17.7. The Labute approximate surface area is 144 Å². The highest BCUT2D eigenvalue weighted by molar-refractivity contribution is 5.91. The van der Waals surface area contributed by atoms with Gasteiger partial charge in [0.25, 0.3) is 5.91 Å². The molecule has 1 unspecified atom stereocenters. The maximum atomic E-state index is 12.0. The first kappa shape index (κ1) is 17.9. The van der Waals surface area contributed by atoms with Crippen molar-refractivity contribution < 1.29 is 4.79 Å². The van der Waals surface area contributed by atoms with Crippen molar-refractivity contribution in [2.24, 2.45) is 0 Å². The van der Waals surface area contributed by atoms with Crippen LogP contribution in [0.1, 0.15) is 43.2 Å². The zero-order valence-corrected chi connectivity index (χ0v) is 15.1. The van der Waals surface area contributed by atoms with E-state index in [9.17, 15) is 4.79 Å². The molecule has 1 atom stereocenters. The number of carbonyl (C=O) groups is 1. The number of hydrogen-bond donors (Lipinski definition) is 1. The molecule has 24 heavy (non-hydrogen) atoms. The summed E-state index contributed by atoms with van der Waals surface area (Å²) in [5, 5.41) is 3.36. The first-order valence-corrected chi connectivity index (χ1v) is 8.15. The number of hydrogen-bond acceptors (Lipinski definition) is 4. The van der Waals surface area contributed by atoms with Crippen molar-refractivity contribution in [1.82, 2.24) is 14.9 Å². The lowest BCUT2D eigenvalue weighted by Gasteiger charge is -2.29. The number of nitrogens with one attached hydrogen (secondary N) is 1. The maximum Gasteiger partial charge on any atom is 0.273 e. The number of rotatable bonds is 6. The Morgan fingerprint density at radius 3 is 2.50 bits per heavy atom.